The van der Waals surface area contributed by atoms with Crippen molar-refractivity contribution < 1.29 is 66.3 Å². The summed E-state index contributed by atoms with van der Waals surface area (Å²) < 4.78 is 0. The molecule has 0 saturated heterocycles. The summed E-state index contributed by atoms with van der Waals surface area (Å²) >= 11 is 0. The molecule has 0 aliphatic carbocycles. The summed E-state index contributed by atoms with van der Waals surface area (Å²) in [5.74, 6) is 3.52. The van der Waals surface area contributed by atoms with Gasteiger partial charge in [0.05, 0.1) is 0 Å². The van der Waals surface area contributed by atoms with E-state index >= 15 is 0 Å². The molecule has 0 saturated carbocycles. The normalized spacial score (nSPS) is 10.6. The fraction of sp³-hybridized carbons (Fsp3) is 0.500. The molecule has 4 nitrogen and oxygen atoms in total. The van der Waals surface area contributed by atoms with E-state index in [1.165, 1.54) is 0 Å². The van der Waals surface area contributed by atoms with Gasteiger partial charge in [-0.15, -0.1) is 23.0 Å². The van der Waals surface area contributed by atoms with Gasteiger partial charge in [-0.25, -0.2) is 0 Å². The second-order valence-electron chi connectivity index (χ2n) is 16.3. The van der Waals surface area contributed by atoms with Gasteiger partial charge in [-0.2, -0.15) is 0 Å². The van der Waals surface area contributed by atoms with Crippen LogP contribution in [0.3, 0.4) is 0 Å². The number of para-hydroxylation sites is 4. The molecular weight excluding hydrogens is 895 g/mol. The molecule has 0 bridgehead atoms. The van der Waals surface area contributed by atoms with Gasteiger partial charge in [0, 0.05) is 0 Å². The molecule has 55 heavy (non-hydrogen) atoms. The van der Waals surface area contributed by atoms with Crippen molar-refractivity contribution in [2.24, 2.45) is 0 Å². The van der Waals surface area contributed by atoms with Gasteiger partial charge in [0.25, 0.3) is 0 Å². The van der Waals surface area contributed by atoms with Gasteiger partial charge in [0.15, 0.2) is 0 Å². The van der Waals surface area contributed by atoms with Crippen LogP contribution in [0.2, 0.25) is 0 Å². The monoisotopic (exact) mass is 962 g/mol. The Bertz CT molecular complexity index is 1310. The largest absolute Gasteiger partial charge is 6.00 e. The molecule has 4 aromatic carbocycles. The minimum atomic E-state index is 0. The summed E-state index contributed by atoms with van der Waals surface area (Å²) in [5, 5.41) is 47.4. The van der Waals surface area contributed by atoms with Crippen LogP contribution in [0, 0.1) is 0 Å². The van der Waals surface area contributed by atoms with Crippen molar-refractivity contribution in [3.63, 3.8) is 0 Å². The van der Waals surface area contributed by atoms with Crippen molar-refractivity contribution in [3.8, 4) is 23.0 Å². The second-order valence-corrected chi connectivity index (χ2v) is 16.3. The SMILES string of the molecule is CC(C)c1cccc(C(C)C)c1[O-].CC(C)c1cccc(C(C)C)c1[O-].CC(C)c1cccc(C(C)C)c1[O-].CC(C)c1cccc(C(C)C)c1[O-].[Cl-].[Cl-].[W+6]. The molecule has 0 amide bonds. The maximum absolute atomic E-state index is 11.9. The average molecular weight is 964 g/mol. The molecule has 7 heteroatoms. The number of hydrogen-bond acceptors (Lipinski definition) is 4. The van der Waals surface area contributed by atoms with Crippen LogP contribution in [0.25, 0.3) is 0 Å². The molecule has 304 valence electrons. The third kappa shape index (κ3) is 17.2. The molecule has 0 spiro atoms. The Hall–Kier alpha value is -2.65. The quantitative estimate of drug-likeness (QED) is 0.216. The van der Waals surface area contributed by atoms with Crippen LogP contribution >= 0.6 is 0 Å². The van der Waals surface area contributed by atoms with Gasteiger partial charge in [0.1, 0.15) is 0 Å². The van der Waals surface area contributed by atoms with E-state index in [-0.39, 0.29) is 68.9 Å². The first kappa shape index (κ1) is 56.7. The Balaban J connectivity index is -0.000000644. The molecule has 0 unspecified atom stereocenters. The predicted octanol–water partition coefficient (Wildman–Crippen LogP) is 6.03. The van der Waals surface area contributed by atoms with Crippen LogP contribution in [-0.2, 0) is 21.1 Å². The van der Waals surface area contributed by atoms with Crippen LogP contribution in [-0.4, -0.2) is 0 Å². The van der Waals surface area contributed by atoms with Crippen LogP contribution < -0.4 is 45.2 Å². The first-order chi connectivity index (χ1) is 24.1. The summed E-state index contributed by atoms with van der Waals surface area (Å²) in [6.45, 7) is 32.9. The van der Waals surface area contributed by atoms with E-state index in [4.69, 9.17) is 0 Å². The molecule has 0 aliphatic heterocycles. The van der Waals surface area contributed by atoms with Crippen molar-refractivity contribution in [2.45, 2.75) is 158 Å². The standard InChI is InChI=1S/4C12H18O.2ClH.W/c4*1-8(2)10-6-5-7-11(9(3)4)12(10)13;;;/h4*5-9,13H,1-4H3;2*1H;/q;;;;;;+6/p-6. The van der Waals surface area contributed by atoms with E-state index in [1.54, 1.807) is 0 Å². The Morgan fingerprint density at radius 3 is 0.418 bits per heavy atom. The zero-order valence-corrected chi connectivity index (χ0v) is 40.8. The third-order valence-corrected chi connectivity index (χ3v) is 9.28. The molecule has 0 N–H and O–H groups in total. The van der Waals surface area contributed by atoms with Gasteiger partial charge in [0.2, 0.25) is 0 Å². The van der Waals surface area contributed by atoms with Crippen molar-refractivity contribution in [3.05, 3.63) is 117 Å². The van der Waals surface area contributed by atoms with E-state index in [2.05, 4.69) is 111 Å². The number of hydrogen-bond donors (Lipinski definition) is 0. The van der Waals surface area contributed by atoms with Crippen LogP contribution in [0.15, 0.2) is 72.8 Å². The van der Waals surface area contributed by atoms with E-state index in [0.717, 1.165) is 44.5 Å². The van der Waals surface area contributed by atoms with Crippen molar-refractivity contribution in [1.29, 1.82) is 0 Å². The Labute approximate surface area is 362 Å². The molecule has 4 aromatic rings. The summed E-state index contributed by atoms with van der Waals surface area (Å²) in [4.78, 5) is 0. The molecule has 4 rings (SSSR count). The maximum atomic E-state index is 11.9. The maximum Gasteiger partial charge on any atom is 6.00 e. The Kier molecular flexibility index (Phi) is 27.9. The van der Waals surface area contributed by atoms with E-state index in [0.29, 0.717) is 47.3 Å². The van der Waals surface area contributed by atoms with Crippen molar-refractivity contribution in [2.75, 3.05) is 0 Å². The van der Waals surface area contributed by atoms with E-state index < -0.39 is 0 Å². The van der Waals surface area contributed by atoms with Crippen molar-refractivity contribution in [1.82, 2.24) is 0 Å². The number of halogens is 2. The molecule has 0 aliphatic rings. The molecule has 0 aromatic heterocycles. The van der Waals surface area contributed by atoms with Crippen molar-refractivity contribution >= 4 is 0 Å². The average Bonchev–Trinajstić information content (AvgIpc) is 3.05. The second kappa shape index (κ2) is 27.1. The first-order valence-corrected chi connectivity index (χ1v) is 19.3. The molecule has 0 fully saturated rings. The van der Waals surface area contributed by atoms with Gasteiger partial charge in [-0.1, -0.05) is 228 Å². The molecular formula is C48H68Cl2O4W. The van der Waals surface area contributed by atoms with Crippen LogP contribution in [0.1, 0.15) is 203 Å². The summed E-state index contributed by atoms with van der Waals surface area (Å²) in [7, 11) is 0. The fourth-order valence-corrected chi connectivity index (χ4v) is 5.93. The third-order valence-electron chi connectivity index (χ3n) is 9.28. The fourth-order valence-electron chi connectivity index (χ4n) is 5.93. The summed E-state index contributed by atoms with van der Waals surface area (Å²) in [6.07, 6.45) is 0. The Morgan fingerprint density at radius 1 is 0.255 bits per heavy atom. The Morgan fingerprint density at radius 2 is 0.345 bits per heavy atom. The first-order valence-electron chi connectivity index (χ1n) is 19.3. The van der Waals surface area contributed by atoms with Gasteiger partial charge >= 0.3 is 21.1 Å². The van der Waals surface area contributed by atoms with Crippen LogP contribution in [0.5, 0.6) is 23.0 Å². The van der Waals surface area contributed by atoms with Gasteiger partial charge < -0.3 is 45.2 Å². The minimum absolute atomic E-state index is 0. The number of rotatable bonds is 8. The smallest absolute Gasteiger partial charge is 1.00 e. The van der Waals surface area contributed by atoms with E-state index in [1.807, 2.05) is 72.8 Å². The summed E-state index contributed by atoms with van der Waals surface area (Å²) in [5.41, 5.74) is 7.49. The zero-order valence-electron chi connectivity index (χ0n) is 36.3. The van der Waals surface area contributed by atoms with Crippen LogP contribution in [0.4, 0.5) is 0 Å². The van der Waals surface area contributed by atoms with Gasteiger partial charge in [-0.3, -0.25) is 0 Å². The molecule has 0 heterocycles. The zero-order chi connectivity index (χ0) is 40.0. The minimum Gasteiger partial charge on any atom is -1.00 e. The summed E-state index contributed by atoms with van der Waals surface area (Å²) in [6, 6.07) is 23.3. The predicted molar refractivity (Wildman–Crippen MR) is 216 cm³/mol. The molecule has 0 atom stereocenters. The molecule has 0 radical (unpaired) electrons. The van der Waals surface area contributed by atoms with Gasteiger partial charge in [-0.05, 0) is 47.3 Å². The van der Waals surface area contributed by atoms with E-state index in [9.17, 15) is 20.4 Å². The topological polar surface area (TPSA) is 92.2 Å². The number of benzene rings is 4.